The molecule has 1 saturated heterocycles. The molecule has 3 aliphatic rings. The molecule has 7 rings (SSSR count). The molecule has 2 aromatic carbocycles. The first-order valence-electron chi connectivity index (χ1n) is 22.0. The Hall–Kier alpha value is -5.31. The number of aliphatic hydroxyl groups excluding tert-OH is 1. The number of benzene rings is 2. The number of phenols is 1. The van der Waals surface area contributed by atoms with Gasteiger partial charge in [-0.3, -0.25) is 29.2 Å². The Morgan fingerprint density at radius 3 is 2.55 bits per heavy atom. The van der Waals surface area contributed by atoms with E-state index >= 15 is 0 Å². The Morgan fingerprint density at radius 1 is 1.10 bits per heavy atom. The van der Waals surface area contributed by atoms with E-state index in [9.17, 15) is 29.4 Å². The number of nitrogens with zero attached hydrogens (tertiary/aromatic N) is 4. The third-order valence-corrected chi connectivity index (χ3v) is 12.8. The number of ether oxygens (including phenoxy) is 2. The first-order chi connectivity index (χ1) is 29.5. The Kier molecular flexibility index (Phi) is 13.1. The number of likely N-dealkylation sites (N-methyl/N-ethyl adjacent to an activating group) is 1. The minimum atomic E-state index is -1.13. The lowest BCUT2D eigenvalue weighted by Gasteiger charge is -2.38. The number of aryl methyl sites for hydroxylation is 1. The van der Waals surface area contributed by atoms with Crippen molar-refractivity contribution >= 4 is 34.6 Å². The number of cyclic esters (lactones) is 1. The second kappa shape index (κ2) is 18.2. The largest absolute Gasteiger partial charge is 0.508 e. The summed E-state index contributed by atoms with van der Waals surface area (Å²) >= 11 is 0. The molecular weight excluding hydrogens is 789 g/mol. The van der Waals surface area contributed by atoms with E-state index in [-0.39, 0.29) is 42.6 Å². The van der Waals surface area contributed by atoms with Gasteiger partial charge >= 0.3 is 5.97 Å². The second-order valence-corrected chi connectivity index (χ2v) is 18.5. The van der Waals surface area contributed by atoms with Crippen LogP contribution in [0.2, 0.25) is 0 Å². The van der Waals surface area contributed by atoms with Crippen LogP contribution in [0.3, 0.4) is 0 Å². The monoisotopic (exact) mass is 850 g/mol. The zero-order valence-corrected chi connectivity index (χ0v) is 37.2. The van der Waals surface area contributed by atoms with Crippen LogP contribution in [0.4, 0.5) is 0 Å². The molecule has 4 heterocycles. The number of phenolic OH excluding ortho intramolecular Hbond substituents is 1. The Morgan fingerprint density at radius 2 is 1.85 bits per heavy atom. The van der Waals surface area contributed by atoms with Crippen LogP contribution in [0.1, 0.15) is 90.2 Å². The van der Waals surface area contributed by atoms with Gasteiger partial charge in [0.05, 0.1) is 30.2 Å². The molecule has 1 saturated carbocycles. The Bertz CT molecular complexity index is 2330. The number of pyridine rings is 1. The number of methoxy groups -OCH3 is 1. The number of nitrogens with one attached hydrogen (secondary N) is 2. The standard InChI is InChI=1S/C48H62N6O8/c1-9-53-40-15-14-30-24-36(40)37(43(53)35-12-10-16-49-41(35)28(4)61-8)25-48(5,6)26-62-47(60)38-13-11-17-54(51-38)46(59)39(20-29-18-31(30)21-33(55)19-29)50-44(57)42(27(2)3)52(7)45(58)32-22-34(56)23-32/h10,12,14-16,18-19,21,24,27-28,32,34,38-39,42,51,55-56H,9,11,13,17,20,22-23,25-26H2,1-8H3,(H,50,57)/t28-,32-,34-,38-,39-,42?/m0/s1. The average Bonchev–Trinajstić information content (AvgIpc) is 3.54. The van der Waals surface area contributed by atoms with E-state index in [4.69, 9.17) is 14.5 Å². The summed E-state index contributed by atoms with van der Waals surface area (Å²) in [5.41, 5.74) is 9.60. The number of hydrogen-bond acceptors (Lipinski definition) is 10. The Balaban J connectivity index is 1.34. The van der Waals surface area contributed by atoms with Gasteiger partial charge in [-0.15, -0.1) is 0 Å². The van der Waals surface area contributed by atoms with Crippen molar-refractivity contribution in [2.75, 3.05) is 27.3 Å². The molecule has 4 aromatic rings. The zero-order valence-electron chi connectivity index (χ0n) is 37.2. The second-order valence-electron chi connectivity index (χ2n) is 18.5. The number of rotatable bonds is 9. The average molecular weight is 851 g/mol. The lowest BCUT2D eigenvalue weighted by atomic mass is 9.81. The van der Waals surface area contributed by atoms with Crippen LogP contribution >= 0.6 is 0 Å². The van der Waals surface area contributed by atoms with E-state index in [1.165, 1.54) is 9.91 Å². The van der Waals surface area contributed by atoms with Crippen molar-refractivity contribution in [2.24, 2.45) is 17.3 Å². The van der Waals surface area contributed by atoms with E-state index < -0.39 is 47.4 Å². The SMILES string of the molecule is CCn1c(-c2cccnc2[C@H](C)OC)c2c3cc(ccc31)-c1cc(O)cc(c1)C[C@H](NC(=O)C(C(C)C)N(C)C(=O)[C@H]1C[C@H](O)C1)C(=O)N1CCC[C@H](N1)C(=O)OCC(C)(C)C2. The fourth-order valence-corrected chi connectivity index (χ4v) is 9.46. The Labute approximate surface area is 363 Å². The summed E-state index contributed by atoms with van der Waals surface area (Å²) in [5.74, 6) is -2.34. The molecule has 62 heavy (non-hydrogen) atoms. The first-order valence-corrected chi connectivity index (χ1v) is 22.0. The molecule has 0 spiro atoms. The van der Waals surface area contributed by atoms with Crippen molar-refractivity contribution in [2.45, 2.75) is 117 Å². The maximum absolute atomic E-state index is 14.6. The summed E-state index contributed by atoms with van der Waals surface area (Å²) in [5, 5.41) is 26.5. The molecule has 4 atom stereocenters. The van der Waals surface area contributed by atoms with Gasteiger partial charge in [-0.2, -0.15) is 0 Å². The highest BCUT2D eigenvalue weighted by Gasteiger charge is 2.41. The minimum absolute atomic E-state index is 0.00163. The number of fused-ring (bicyclic) bond motifs is 6. The van der Waals surface area contributed by atoms with Gasteiger partial charge in [0.2, 0.25) is 11.8 Å². The van der Waals surface area contributed by atoms with E-state index in [2.05, 4.69) is 54.3 Å². The maximum Gasteiger partial charge on any atom is 0.324 e. The number of aromatic nitrogens is 2. The zero-order chi connectivity index (χ0) is 44.6. The molecule has 6 bridgehead atoms. The van der Waals surface area contributed by atoms with Gasteiger partial charge in [0.1, 0.15) is 23.9 Å². The van der Waals surface area contributed by atoms with Crippen molar-refractivity contribution in [1.29, 1.82) is 0 Å². The van der Waals surface area contributed by atoms with Crippen LogP contribution in [0, 0.1) is 17.3 Å². The summed E-state index contributed by atoms with van der Waals surface area (Å²) in [6.07, 6.45) is 3.19. The smallest absolute Gasteiger partial charge is 0.324 e. The number of amides is 3. The molecule has 14 heteroatoms. The molecule has 0 radical (unpaired) electrons. The van der Waals surface area contributed by atoms with Crippen LogP contribution < -0.4 is 10.7 Å². The molecule has 2 aromatic heterocycles. The molecule has 4 N–H and O–H groups in total. The van der Waals surface area contributed by atoms with E-state index in [1.807, 2.05) is 39.0 Å². The quantitative estimate of drug-likeness (QED) is 0.153. The van der Waals surface area contributed by atoms with Crippen LogP contribution in [-0.2, 0) is 48.0 Å². The highest BCUT2D eigenvalue weighted by molar-refractivity contribution is 5.96. The maximum atomic E-state index is 14.6. The van der Waals surface area contributed by atoms with Crippen molar-refractivity contribution < 1.29 is 38.9 Å². The minimum Gasteiger partial charge on any atom is -0.508 e. The molecule has 2 fully saturated rings. The molecule has 3 amide bonds. The van der Waals surface area contributed by atoms with Crippen molar-refractivity contribution in [1.82, 2.24) is 30.2 Å². The van der Waals surface area contributed by atoms with E-state index in [1.54, 1.807) is 32.5 Å². The van der Waals surface area contributed by atoms with Crippen molar-refractivity contribution in [3.05, 3.63) is 71.5 Å². The third-order valence-electron chi connectivity index (χ3n) is 12.8. The van der Waals surface area contributed by atoms with Crippen LogP contribution in [0.5, 0.6) is 5.75 Å². The normalized spacial score (nSPS) is 22.6. The molecule has 2 aliphatic heterocycles. The van der Waals surface area contributed by atoms with Gasteiger partial charge in [0, 0.05) is 67.7 Å². The highest BCUT2D eigenvalue weighted by Crippen LogP contribution is 2.42. The molecular formula is C48H62N6O8. The predicted molar refractivity (Wildman–Crippen MR) is 235 cm³/mol. The number of hydrazine groups is 1. The topological polar surface area (TPSA) is 176 Å². The highest BCUT2D eigenvalue weighted by atomic mass is 16.5. The molecule has 332 valence electrons. The summed E-state index contributed by atoms with van der Waals surface area (Å²) < 4.78 is 14.2. The van der Waals surface area contributed by atoms with E-state index in [0.29, 0.717) is 50.8 Å². The van der Waals surface area contributed by atoms with Crippen LogP contribution in [0.15, 0.2) is 54.7 Å². The third kappa shape index (κ3) is 9.09. The summed E-state index contributed by atoms with van der Waals surface area (Å²) in [4.78, 5) is 62.4. The van der Waals surface area contributed by atoms with Gasteiger partial charge in [-0.05, 0) is 111 Å². The van der Waals surface area contributed by atoms with Gasteiger partial charge in [0.25, 0.3) is 5.91 Å². The van der Waals surface area contributed by atoms with E-state index in [0.717, 1.165) is 44.5 Å². The number of carbonyl (C=O) groups excluding carboxylic acids is 4. The lowest BCUT2D eigenvalue weighted by molar-refractivity contribution is -0.155. The van der Waals surface area contributed by atoms with Gasteiger partial charge in [-0.1, -0.05) is 39.8 Å². The van der Waals surface area contributed by atoms with Crippen molar-refractivity contribution in [3.63, 3.8) is 0 Å². The first kappa shape index (κ1) is 44.7. The van der Waals surface area contributed by atoms with Crippen molar-refractivity contribution in [3.8, 4) is 28.1 Å². The number of esters is 1. The molecule has 14 nitrogen and oxygen atoms in total. The number of hydrogen-bond donors (Lipinski definition) is 4. The molecule has 1 unspecified atom stereocenters. The number of aliphatic hydroxyl groups is 1. The number of carbonyl (C=O) groups is 4. The molecule has 1 aliphatic carbocycles. The summed E-state index contributed by atoms with van der Waals surface area (Å²) in [6.45, 7) is 13.0. The number of aromatic hydroxyl groups is 1. The van der Waals surface area contributed by atoms with Crippen LogP contribution in [-0.4, -0.2) is 105 Å². The van der Waals surface area contributed by atoms with Crippen LogP contribution in [0.25, 0.3) is 33.3 Å². The summed E-state index contributed by atoms with van der Waals surface area (Å²) in [6, 6.07) is 12.6. The fourth-order valence-electron chi connectivity index (χ4n) is 9.46. The van der Waals surface area contributed by atoms with Gasteiger partial charge in [-0.25, -0.2) is 5.43 Å². The lowest BCUT2D eigenvalue weighted by Crippen LogP contribution is -2.62. The van der Waals surface area contributed by atoms with Gasteiger partial charge < -0.3 is 34.5 Å². The van der Waals surface area contributed by atoms with Gasteiger partial charge in [0.15, 0.2) is 0 Å². The fraction of sp³-hybridized carbons (Fsp3) is 0.521. The predicted octanol–water partition coefficient (Wildman–Crippen LogP) is 5.71. The summed E-state index contributed by atoms with van der Waals surface area (Å²) in [7, 11) is 3.26.